The molecule has 2 rings (SSSR count). The predicted molar refractivity (Wildman–Crippen MR) is 76.5 cm³/mol. The Hall–Kier alpha value is -1.18. The SMILES string of the molecule is Cl.NC1CCN(C(=O)c2cc(Br)cc([N+](=O)[O-])c2)C1. The van der Waals surface area contributed by atoms with Gasteiger partial charge in [-0.1, -0.05) is 15.9 Å². The van der Waals surface area contributed by atoms with Crippen molar-refractivity contribution in [2.45, 2.75) is 12.5 Å². The number of carbonyl (C=O) groups is 1. The second-order valence-corrected chi connectivity index (χ2v) is 5.17. The molecule has 0 saturated carbocycles. The van der Waals surface area contributed by atoms with Gasteiger partial charge in [0.25, 0.3) is 11.6 Å². The Balaban J connectivity index is 0.00000180. The molecule has 104 valence electrons. The molecule has 0 spiro atoms. The number of nitrogens with zero attached hydrogens (tertiary/aromatic N) is 2. The van der Waals surface area contributed by atoms with E-state index in [1.807, 2.05) is 0 Å². The normalized spacial score (nSPS) is 18.0. The van der Waals surface area contributed by atoms with Gasteiger partial charge in [-0.25, -0.2) is 0 Å². The Morgan fingerprint density at radius 1 is 1.47 bits per heavy atom. The van der Waals surface area contributed by atoms with Crippen molar-refractivity contribution in [3.05, 3.63) is 38.3 Å². The minimum Gasteiger partial charge on any atom is -0.337 e. The molecule has 0 bridgehead atoms. The van der Waals surface area contributed by atoms with Crippen LogP contribution in [-0.2, 0) is 0 Å². The zero-order valence-electron chi connectivity index (χ0n) is 9.91. The van der Waals surface area contributed by atoms with Crippen LogP contribution < -0.4 is 5.73 Å². The summed E-state index contributed by atoms with van der Waals surface area (Å²) in [4.78, 5) is 24.0. The average Bonchev–Trinajstić information content (AvgIpc) is 2.74. The quantitative estimate of drug-likeness (QED) is 0.652. The maximum atomic E-state index is 12.1. The highest BCUT2D eigenvalue weighted by atomic mass is 79.9. The third-order valence-electron chi connectivity index (χ3n) is 2.85. The topological polar surface area (TPSA) is 89.5 Å². The Morgan fingerprint density at radius 3 is 2.68 bits per heavy atom. The van der Waals surface area contributed by atoms with Gasteiger partial charge in [0.2, 0.25) is 0 Å². The number of amides is 1. The number of benzene rings is 1. The van der Waals surface area contributed by atoms with Crippen molar-refractivity contribution in [2.75, 3.05) is 13.1 Å². The minimum absolute atomic E-state index is 0. The van der Waals surface area contributed by atoms with Crippen molar-refractivity contribution in [3.8, 4) is 0 Å². The molecule has 1 aromatic rings. The standard InChI is InChI=1S/C11H12BrN3O3.ClH/c12-8-3-7(4-10(5-8)15(17)18)11(16)14-2-1-9(13)6-14;/h3-5,9H,1-2,6,13H2;1H. The van der Waals surface area contributed by atoms with Gasteiger partial charge in [-0.2, -0.15) is 0 Å². The summed E-state index contributed by atoms with van der Waals surface area (Å²) in [5, 5.41) is 10.7. The van der Waals surface area contributed by atoms with Crippen LogP contribution >= 0.6 is 28.3 Å². The van der Waals surface area contributed by atoms with Crippen molar-refractivity contribution in [2.24, 2.45) is 5.73 Å². The number of carbonyl (C=O) groups excluding carboxylic acids is 1. The van der Waals surface area contributed by atoms with E-state index in [4.69, 9.17) is 5.73 Å². The highest BCUT2D eigenvalue weighted by Gasteiger charge is 2.25. The molecule has 6 nitrogen and oxygen atoms in total. The van der Waals surface area contributed by atoms with Crippen molar-refractivity contribution in [1.29, 1.82) is 0 Å². The van der Waals surface area contributed by atoms with Gasteiger partial charge in [-0.05, 0) is 12.5 Å². The molecule has 0 radical (unpaired) electrons. The van der Waals surface area contributed by atoms with E-state index in [1.54, 1.807) is 11.0 Å². The lowest BCUT2D eigenvalue weighted by Gasteiger charge is -2.15. The molecule has 1 aliphatic heterocycles. The summed E-state index contributed by atoms with van der Waals surface area (Å²) >= 11 is 3.17. The van der Waals surface area contributed by atoms with Crippen LogP contribution in [0.4, 0.5) is 5.69 Å². The molecule has 19 heavy (non-hydrogen) atoms. The van der Waals surface area contributed by atoms with E-state index in [-0.39, 0.29) is 30.0 Å². The van der Waals surface area contributed by atoms with Crippen LogP contribution in [0.15, 0.2) is 22.7 Å². The maximum Gasteiger partial charge on any atom is 0.271 e. The molecule has 1 aromatic carbocycles. The van der Waals surface area contributed by atoms with Gasteiger partial charge >= 0.3 is 0 Å². The van der Waals surface area contributed by atoms with E-state index in [1.165, 1.54) is 12.1 Å². The molecule has 1 unspecified atom stereocenters. The summed E-state index contributed by atoms with van der Waals surface area (Å²) in [6.45, 7) is 1.10. The molecular formula is C11H13BrClN3O3. The fraction of sp³-hybridized carbons (Fsp3) is 0.364. The van der Waals surface area contributed by atoms with Crippen molar-refractivity contribution in [1.82, 2.24) is 4.90 Å². The molecule has 0 aliphatic carbocycles. The Morgan fingerprint density at radius 2 is 2.16 bits per heavy atom. The first-order valence-electron chi connectivity index (χ1n) is 5.47. The van der Waals surface area contributed by atoms with Gasteiger partial charge < -0.3 is 10.6 Å². The van der Waals surface area contributed by atoms with E-state index in [9.17, 15) is 14.9 Å². The maximum absolute atomic E-state index is 12.1. The summed E-state index contributed by atoms with van der Waals surface area (Å²) in [5.41, 5.74) is 5.95. The zero-order valence-corrected chi connectivity index (χ0v) is 12.3. The molecular weight excluding hydrogens is 337 g/mol. The van der Waals surface area contributed by atoms with E-state index in [0.29, 0.717) is 23.1 Å². The number of nitro groups is 1. The Kier molecular flexibility index (Phi) is 5.28. The lowest BCUT2D eigenvalue weighted by molar-refractivity contribution is -0.385. The number of nitrogens with two attached hydrogens (primary N) is 1. The van der Waals surface area contributed by atoms with Gasteiger partial charge in [-0.3, -0.25) is 14.9 Å². The second-order valence-electron chi connectivity index (χ2n) is 4.26. The molecule has 8 heteroatoms. The molecule has 1 saturated heterocycles. The molecule has 1 amide bonds. The van der Waals surface area contributed by atoms with Crippen LogP contribution in [-0.4, -0.2) is 34.9 Å². The van der Waals surface area contributed by atoms with Crippen LogP contribution in [0.2, 0.25) is 0 Å². The van der Waals surface area contributed by atoms with E-state index >= 15 is 0 Å². The minimum atomic E-state index is -0.517. The fourth-order valence-corrected chi connectivity index (χ4v) is 2.44. The van der Waals surface area contributed by atoms with Crippen molar-refractivity contribution >= 4 is 39.9 Å². The Labute approximate surface area is 124 Å². The second kappa shape index (κ2) is 6.31. The average molecular weight is 351 g/mol. The van der Waals surface area contributed by atoms with Crippen molar-refractivity contribution < 1.29 is 9.72 Å². The molecule has 1 heterocycles. The van der Waals surface area contributed by atoms with E-state index in [0.717, 1.165) is 6.42 Å². The first-order valence-corrected chi connectivity index (χ1v) is 6.26. The summed E-state index contributed by atoms with van der Waals surface area (Å²) in [7, 11) is 0. The number of likely N-dealkylation sites (tertiary alicyclic amines) is 1. The summed E-state index contributed by atoms with van der Waals surface area (Å²) in [6, 6.07) is 4.24. The van der Waals surface area contributed by atoms with Crippen molar-refractivity contribution in [3.63, 3.8) is 0 Å². The number of nitro benzene ring substituents is 1. The first-order chi connectivity index (χ1) is 8.47. The monoisotopic (exact) mass is 349 g/mol. The Bertz CT molecular complexity index is 512. The molecule has 1 fully saturated rings. The molecule has 2 N–H and O–H groups in total. The zero-order chi connectivity index (χ0) is 13.3. The van der Waals surface area contributed by atoms with E-state index < -0.39 is 4.92 Å². The third-order valence-corrected chi connectivity index (χ3v) is 3.31. The van der Waals surface area contributed by atoms with Gasteiger partial charge in [0, 0.05) is 41.3 Å². The largest absolute Gasteiger partial charge is 0.337 e. The van der Waals surface area contributed by atoms with Gasteiger partial charge in [0.05, 0.1) is 4.92 Å². The number of halogens is 2. The number of non-ortho nitro benzene ring substituents is 1. The summed E-state index contributed by atoms with van der Waals surface area (Å²) < 4.78 is 0.517. The highest BCUT2D eigenvalue weighted by Crippen LogP contribution is 2.23. The van der Waals surface area contributed by atoms with Gasteiger partial charge in [0.1, 0.15) is 0 Å². The van der Waals surface area contributed by atoms with Gasteiger partial charge in [-0.15, -0.1) is 12.4 Å². The first kappa shape index (κ1) is 15.9. The summed E-state index contributed by atoms with van der Waals surface area (Å²) in [5.74, 6) is -0.215. The molecule has 0 aromatic heterocycles. The van der Waals surface area contributed by atoms with Crippen LogP contribution in [0.1, 0.15) is 16.8 Å². The van der Waals surface area contributed by atoms with Crippen LogP contribution in [0.25, 0.3) is 0 Å². The molecule has 1 aliphatic rings. The number of rotatable bonds is 2. The van der Waals surface area contributed by atoms with Crippen LogP contribution in [0.3, 0.4) is 0 Å². The predicted octanol–water partition coefficient (Wildman–Crippen LogP) is 1.95. The van der Waals surface area contributed by atoms with E-state index in [2.05, 4.69) is 15.9 Å². The van der Waals surface area contributed by atoms with Crippen LogP contribution in [0.5, 0.6) is 0 Å². The smallest absolute Gasteiger partial charge is 0.271 e. The van der Waals surface area contributed by atoms with Gasteiger partial charge in [0.15, 0.2) is 0 Å². The summed E-state index contributed by atoms with van der Waals surface area (Å²) in [6.07, 6.45) is 0.766. The van der Waals surface area contributed by atoms with Crippen LogP contribution in [0, 0.1) is 10.1 Å². The lowest BCUT2D eigenvalue weighted by Crippen LogP contribution is -2.31. The highest BCUT2D eigenvalue weighted by molar-refractivity contribution is 9.10. The third kappa shape index (κ3) is 3.65. The molecule has 1 atom stereocenters. The fourth-order valence-electron chi connectivity index (χ4n) is 1.96. The lowest BCUT2D eigenvalue weighted by atomic mass is 10.2. The number of hydrogen-bond donors (Lipinski definition) is 1. The number of hydrogen-bond acceptors (Lipinski definition) is 4.